The predicted octanol–water partition coefficient (Wildman–Crippen LogP) is 3.06. The number of nitrogens with two attached hydrogens (primary N) is 1. The largest absolute Gasteiger partial charge is 0.374 e. The molecular weight excluding hydrogens is 268 g/mol. The number of thiophene rings is 1. The van der Waals surface area contributed by atoms with Crippen LogP contribution in [0, 0.1) is 0 Å². The highest BCUT2D eigenvalue weighted by molar-refractivity contribution is 7.17. The second-order valence-electron chi connectivity index (χ2n) is 5.76. The summed E-state index contributed by atoms with van der Waals surface area (Å²) >= 11 is 1.79. The number of hydrogen-bond acceptors (Lipinski definition) is 4. The van der Waals surface area contributed by atoms with Crippen molar-refractivity contribution in [3.8, 4) is 0 Å². The molecule has 1 saturated heterocycles. The summed E-state index contributed by atoms with van der Waals surface area (Å²) in [5.41, 5.74) is 7.27. The van der Waals surface area contributed by atoms with Crippen molar-refractivity contribution in [2.75, 3.05) is 19.7 Å². The molecule has 3 N–H and O–H groups in total. The summed E-state index contributed by atoms with van der Waals surface area (Å²) in [4.78, 5) is 0. The first kappa shape index (κ1) is 14.0. The van der Waals surface area contributed by atoms with Crippen molar-refractivity contribution < 1.29 is 4.74 Å². The van der Waals surface area contributed by atoms with Gasteiger partial charge in [0.2, 0.25) is 0 Å². The van der Waals surface area contributed by atoms with Gasteiger partial charge in [-0.05, 0) is 42.2 Å². The molecule has 1 aromatic heterocycles. The van der Waals surface area contributed by atoms with Crippen molar-refractivity contribution >= 4 is 21.4 Å². The maximum atomic E-state index is 5.98. The smallest absolute Gasteiger partial charge is 0.0779 e. The molecular formula is C16H22N2OS. The fourth-order valence-corrected chi connectivity index (χ4v) is 3.92. The quantitative estimate of drug-likeness (QED) is 0.889. The first-order valence-corrected chi connectivity index (χ1v) is 8.13. The Morgan fingerprint density at radius 3 is 3.05 bits per heavy atom. The van der Waals surface area contributed by atoms with E-state index >= 15 is 0 Å². The number of nitrogens with one attached hydrogen (secondary N) is 1. The SMILES string of the molecule is CC1(CNC(CN)c2csc3ccccc23)CCCO1. The molecule has 0 bridgehead atoms. The van der Waals surface area contributed by atoms with Crippen molar-refractivity contribution in [1.82, 2.24) is 5.32 Å². The van der Waals surface area contributed by atoms with Crippen LogP contribution in [0.25, 0.3) is 10.1 Å². The van der Waals surface area contributed by atoms with Gasteiger partial charge in [0, 0.05) is 30.4 Å². The zero-order valence-corrected chi connectivity index (χ0v) is 12.7. The van der Waals surface area contributed by atoms with E-state index in [1.807, 2.05) is 0 Å². The van der Waals surface area contributed by atoms with Gasteiger partial charge < -0.3 is 15.8 Å². The molecule has 0 aliphatic carbocycles. The van der Waals surface area contributed by atoms with Gasteiger partial charge in [0.25, 0.3) is 0 Å². The molecule has 20 heavy (non-hydrogen) atoms. The molecule has 2 aromatic rings. The van der Waals surface area contributed by atoms with E-state index in [0.717, 1.165) is 26.0 Å². The minimum absolute atomic E-state index is 0.0285. The lowest BCUT2D eigenvalue weighted by atomic mass is 10.0. The molecule has 3 rings (SSSR count). The highest BCUT2D eigenvalue weighted by Gasteiger charge is 2.30. The van der Waals surface area contributed by atoms with Crippen LogP contribution in [0.2, 0.25) is 0 Å². The normalized spacial score (nSPS) is 24.3. The Balaban J connectivity index is 1.76. The highest BCUT2D eigenvalue weighted by Crippen LogP contribution is 2.31. The van der Waals surface area contributed by atoms with Gasteiger partial charge in [0.05, 0.1) is 5.60 Å². The second kappa shape index (κ2) is 5.82. The Morgan fingerprint density at radius 2 is 2.30 bits per heavy atom. The van der Waals surface area contributed by atoms with Crippen LogP contribution in [-0.4, -0.2) is 25.3 Å². The van der Waals surface area contributed by atoms with Gasteiger partial charge in [-0.1, -0.05) is 18.2 Å². The first-order valence-electron chi connectivity index (χ1n) is 7.25. The van der Waals surface area contributed by atoms with E-state index in [1.165, 1.54) is 15.6 Å². The molecule has 2 unspecified atom stereocenters. The molecule has 0 radical (unpaired) electrons. The molecule has 2 heterocycles. The van der Waals surface area contributed by atoms with Crippen molar-refractivity contribution in [1.29, 1.82) is 0 Å². The van der Waals surface area contributed by atoms with E-state index in [-0.39, 0.29) is 11.6 Å². The van der Waals surface area contributed by atoms with Crippen molar-refractivity contribution in [3.05, 3.63) is 35.2 Å². The van der Waals surface area contributed by atoms with E-state index in [4.69, 9.17) is 10.5 Å². The maximum absolute atomic E-state index is 5.98. The number of rotatable bonds is 5. The molecule has 1 aliphatic rings. The lowest BCUT2D eigenvalue weighted by Crippen LogP contribution is -2.40. The van der Waals surface area contributed by atoms with Crippen molar-refractivity contribution in [2.45, 2.75) is 31.4 Å². The van der Waals surface area contributed by atoms with Crippen LogP contribution >= 0.6 is 11.3 Å². The monoisotopic (exact) mass is 290 g/mol. The standard InChI is InChI=1S/C16H22N2OS/c1-16(7-4-8-19-16)11-18-14(9-17)13-10-20-15-6-3-2-5-12(13)15/h2-3,5-6,10,14,18H,4,7-9,11,17H2,1H3. The van der Waals surface area contributed by atoms with Gasteiger partial charge in [-0.15, -0.1) is 11.3 Å². The average Bonchev–Trinajstić information content (AvgIpc) is 3.07. The average molecular weight is 290 g/mol. The number of fused-ring (bicyclic) bond motifs is 1. The van der Waals surface area contributed by atoms with Crippen molar-refractivity contribution in [2.24, 2.45) is 5.73 Å². The predicted molar refractivity (Wildman–Crippen MR) is 85.2 cm³/mol. The molecule has 3 nitrogen and oxygen atoms in total. The van der Waals surface area contributed by atoms with Crippen LogP contribution < -0.4 is 11.1 Å². The zero-order valence-electron chi connectivity index (χ0n) is 11.9. The second-order valence-corrected chi connectivity index (χ2v) is 6.67. The lowest BCUT2D eigenvalue weighted by molar-refractivity contribution is 0.0189. The summed E-state index contributed by atoms with van der Waals surface area (Å²) < 4.78 is 7.16. The van der Waals surface area contributed by atoms with Crippen LogP contribution in [0.15, 0.2) is 29.6 Å². The van der Waals surface area contributed by atoms with Gasteiger partial charge in [-0.2, -0.15) is 0 Å². The highest BCUT2D eigenvalue weighted by atomic mass is 32.1. The van der Waals surface area contributed by atoms with E-state index in [0.29, 0.717) is 6.54 Å². The van der Waals surface area contributed by atoms with Gasteiger partial charge >= 0.3 is 0 Å². The van der Waals surface area contributed by atoms with E-state index in [2.05, 4.69) is 41.9 Å². The van der Waals surface area contributed by atoms with Crippen LogP contribution in [0.1, 0.15) is 31.4 Å². The van der Waals surface area contributed by atoms with Crippen LogP contribution in [0.3, 0.4) is 0 Å². The van der Waals surface area contributed by atoms with Crippen LogP contribution in [-0.2, 0) is 4.74 Å². The third-order valence-corrected chi connectivity index (χ3v) is 5.13. The summed E-state index contributed by atoms with van der Waals surface area (Å²) in [7, 11) is 0. The van der Waals surface area contributed by atoms with E-state index in [9.17, 15) is 0 Å². The maximum Gasteiger partial charge on any atom is 0.0779 e. The van der Waals surface area contributed by atoms with Gasteiger partial charge in [0.15, 0.2) is 0 Å². The molecule has 1 aromatic carbocycles. The number of ether oxygens (including phenoxy) is 1. The Hall–Kier alpha value is -0.940. The minimum atomic E-state index is -0.0285. The Labute approximate surface area is 124 Å². The van der Waals surface area contributed by atoms with E-state index < -0.39 is 0 Å². The number of benzene rings is 1. The van der Waals surface area contributed by atoms with Gasteiger partial charge in [-0.25, -0.2) is 0 Å². The summed E-state index contributed by atoms with van der Waals surface area (Å²) in [6, 6.07) is 8.72. The minimum Gasteiger partial charge on any atom is -0.374 e. The molecule has 4 heteroatoms. The van der Waals surface area contributed by atoms with Crippen LogP contribution in [0.4, 0.5) is 0 Å². The Kier molecular flexibility index (Phi) is 4.08. The third-order valence-electron chi connectivity index (χ3n) is 4.14. The summed E-state index contributed by atoms with van der Waals surface area (Å²) in [5, 5.41) is 7.15. The molecule has 2 atom stereocenters. The first-order chi connectivity index (χ1) is 9.72. The molecule has 0 amide bonds. The van der Waals surface area contributed by atoms with Gasteiger partial charge in [0.1, 0.15) is 0 Å². The third kappa shape index (κ3) is 2.74. The Morgan fingerprint density at radius 1 is 1.45 bits per heavy atom. The Bertz CT molecular complexity index is 575. The van der Waals surface area contributed by atoms with Crippen LogP contribution in [0.5, 0.6) is 0 Å². The lowest BCUT2D eigenvalue weighted by Gasteiger charge is -2.27. The summed E-state index contributed by atoms with van der Waals surface area (Å²) in [5.74, 6) is 0. The summed E-state index contributed by atoms with van der Waals surface area (Å²) in [6.07, 6.45) is 2.29. The zero-order chi connectivity index (χ0) is 14.0. The fraction of sp³-hybridized carbons (Fsp3) is 0.500. The molecule has 108 valence electrons. The summed E-state index contributed by atoms with van der Waals surface area (Å²) in [6.45, 7) is 4.54. The van der Waals surface area contributed by atoms with Gasteiger partial charge in [-0.3, -0.25) is 0 Å². The number of hydrogen-bond donors (Lipinski definition) is 2. The molecule has 0 spiro atoms. The van der Waals surface area contributed by atoms with Crippen molar-refractivity contribution in [3.63, 3.8) is 0 Å². The molecule has 1 fully saturated rings. The van der Waals surface area contributed by atoms with E-state index in [1.54, 1.807) is 11.3 Å². The molecule has 1 aliphatic heterocycles. The molecule has 0 saturated carbocycles. The fourth-order valence-electron chi connectivity index (χ4n) is 2.90. The topological polar surface area (TPSA) is 47.3 Å².